The normalized spacial score (nSPS) is 21.1. The van der Waals surface area contributed by atoms with Crippen molar-refractivity contribution in [1.29, 1.82) is 5.26 Å². The number of carbonyl (C=O) groups excluding carboxylic acids is 2. The van der Waals surface area contributed by atoms with Gasteiger partial charge >= 0.3 is 5.97 Å². The molecule has 1 atom stereocenters. The molecule has 9 heteroatoms. The highest BCUT2D eigenvalue weighted by Crippen LogP contribution is 2.22. The summed E-state index contributed by atoms with van der Waals surface area (Å²) in [5.74, 6) is -1.07. The molecule has 1 aromatic carbocycles. The summed E-state index contributed by atoms with van der Waals surface area (Å²) in [6.07, 6.45) is 1.64. The highest BCUT2D eigenvalue weighted by atomic mass is 32.2. The van der Waals surface area contributed by atoms with Crippen LogP contribution in [0.25, 0.3) is 6.08 Å². The molecule has 1 saturated heterocycles. The van der Waals surface area contributed by atoms with Gasteiger partial charge in [-0.05, 0) is 37.1 Å². The third-order valence-corrected chi connectivity index (χ3v) is 5.95. The van der Waals surface area contributed by atoms with E-state index in [1.807, 2.05) is 0 Å². The van der Waals surface area contributed by atoms with E-state index in [2.05, 4.69) is 5.32 Å². The second kappa shape index (κ2) is 8.22. The minimum atomic E-state index is -3.17. The molecule has 1 aliphatic heterocycles. The number of benzene rings is 1. The molecule has 1 fully saturated rings. The average Bonchev–Trinajstić information content (AvgIpc) is 2.90. The smallest absolute Gasteiger partial charge is 0.349 e. The van der Waals surface area contributed by atoms with Gasteiger partial charge in [0.25, 0.3) is 5.91 Å². The lowest BCUT2D eigenvalue weighted by molar-refractivity contribution is -0.144. The number of sulfone groups is 1. The van der Waals surface area contributed by atoms with Crippen LogP contribution in [0, 0.1) is 11.3 Å². The van der Waals surface area contributed by atoms with Crippen molar-refractivity contribution in [2.24, 2.45) is 0 Å². The minimum Gasteiger partial charge on any atom is -0.497 e. The summed E-state index contributed by atoms with van der Waals surface area (Å²) >= 11 is 0. The number of hydrogen-bond donors (Lipinski definition) is 1. The average molecular weight is 392 g/mol. The topological polar surface area (TPSA) is 123 Å². The van der Waals surface area contributed by atoms with Crippen molar-refractivity contribution in [1.82, 2.24) is 5.32 Å². The largest absolute Gasteiger partial charge is 0.497 e. The molecule has 8 nitrogen and oxygen atoms in total. The number of nitrogens with zero attached hydrogens (tertiary/aromatic N) is 1. The van der Waals surface area contributed by atoms with Crippen LogP contribution in [-0.2, 0) is 24.2 Å². The van der Waals surface area contributed by atoms with E-state index in [1.165, 1.54) is 13.2 Å². The molecule has 27 heavy (non-hydrogen) atoms. The number of esters is 1. The minimum absolute atomic E-state index is 0.00669. The molecule has 0 aliphatic carbocycles. The maximum absolute atomic E-state index is 12.0. The van der Waals surface area contributed by atoms with Crippen LogP contribution in [-0.4, -0.2) is 51.1 Å². The van der Waals surface area contributed by atoms with Gasteiger partial charge in [0, 0.05) is 0 Å². The standard InChI is InChI=1S/C18H20N2O6S/c1-18(7-8-27(23,24)12-18)20-16(21)11-26-17(22)14(10-19)9-13-3-5-15(25-2)6-4-13/h3-6,9H,7-8,11-12H2,1-2H3,(H,20,21)/b14-9+/t18-/m0/s1. The summed E-state index contributed by atoms with van der Waals surface area (Å²) in [4.78, 5) is 24.0. The van der Waals surface area contributed by atoms with E-state index >= 15 is 0 Å². The molecule has 1 aliphatic rings. The van der Waals surface area contributed by atoms with Gasteiger partial charge in [-0.3, -0.25) is 4.79 Å². The first kappa shape index (κ1) is 20.5. The summed E-state index contributed by atoms with van der Waals surface area (Å²) in [6.45, 7) is 1.03. The van der Waals surface area contributed by atoms with Gasteiger partial charge in [-0.1, -0.05) is 12.1 Å². The Hall–Kier alpha value is -2.86. The zero-order valence-electron chi connectivity index (χ0n) is 15.0. The summed E-state index contributed by atoms with van der Waals surface area (Å²) in [5, 5.41) is 11.7. The molecule has 1 N–H and O–H groups in total. The molecule has 2 rings (SSSR count). The summed E-state index contributed by atoms with van der Waals surface area (Å²) in [6, 6.07) is 8.42. The van der Waals surface area contributed by atoms with Gasteiger partial charge in [-0.15, -0.1) is 0 Å². The Morgan fingerprint density at radius 1 is 1.33 bits per heavy atom. The number of amides is 1. The number of methoxy groups -OCH3 is 1. The van der Waals surface area contributed by atoms with Gasteiger partial charge in [0.1, 0.15) is 17.4 Å². The van der Waals surface area contributed by atoms with E-state index in [0.717, 1.165) is 0 Å². The van der Waals surface area contributed by atoms with Crippen molar-refractivity contribution in [2.45, 2.75) is 18.9 Å². The maximum Gasteiger partial charge on any atom is 0.349 e. The molecule has 0 spiro atoms. The van der Waals surface area contributed by atoms with E-state index in [4.69, 9.17) is 14.7 Å². The highest BCUT2D eigenvalue weighted by Gasteiger charge is 2.39. The first-order valence-corrected chi connectivity index (χ1v) is 9.93. The van der Waals surface area contributed by atoms with Crippen molar-refractivity contribution in [2.75, 3.05) is 25.2 Å². The summed E-state index contributed by atoms with van der Waals surface area (Å²) in [7, 11) is -1.65. The molecular formula is C18H20N2O6S. The van der Waals surface area contributed by atoms with Crippen molar-refractivity contribution >= 4 is 27.8 Å². The maximum atomic E-state index is 12.0. The van der Waals surface area contributed by atoms with E-state index in [-0.39, 0.29) is 17.1 Å². The second-order valence-corrected chi connectivity index (χ2v) is 8.65. The first-order valence-electron chi connectivity index (χ1n) is 8.11. The molecule has 0 unspecified atom stereocenters. The van der Waals surface area contributed by atoms with E-state index in [0.29, 0.717) is 17.7 Å². The zero-order chi connectivity index (χ0) is 20.1. The number of nitriles is 1. The number of carbonyl (C=O) groups is 2. The molecule has 0 radical (unpaired) electrons. The van der Waals surface area contributed by atoms with Crippen molar-refractivity contribution in [3.63, 3.8) is 0 Å². The third-order valence-electron chi connectivity index (χ3n) is 4.05. The number of rotatable bonds is 6. The first-order chi connectivity index (χ1) is 12.7. The van der Waals surface area contributed by atoms with Gasteiger partial charge in [0.15, 0.2) is 16.4 Å². The molecular weight excluding hydrogens is 372 g/mol. The molecule has 0 saturated carbocycles. The van der Waals surface area contributed by atoms with Crippen molar-refractivity contribution < 1.29 is 27.5 Å². The number of nitrogens with one attached hydrogen (secondary N) is 1. The zero-order valence-corrected chi connectivity index (χ0v) is 15.8. The third kappa shape index (κ3) is 5.82. The van der Waals surface area contributed by atoms with E-state index in [9.17, 15) is 18.0 Å². The number of ether oxygens (including phenoxy) is 2. The fourth-order valence-electron chi connectivity index (χ4n) is 2.69. The Morgan fingerprint density at radius 3 is 2.52 bits per heavy atom. The lowest BCUT2D eigenvalue weighted by atomic mass is 10.0. The van der Waals surface area contributed by atoms with Crippen molar-refractivity contribution in [3.05, 3.63) is 35.4 Å². The molecule has 1 amide bonds. The van der Waals surface area contributed by atoms with Crippen LogP contribution in [0.2, 0.25) is 0 Å². The van der Waals surface area contributed by atoms with Gasteiger partial charge in [0.2, 0.25) is 0 Å². The van der Waals surface area contributed by atoms with Gasteiger partial charge in [-0.2, -0.15) is 5.26 Å². The predicted octanol–water partition coefficient (Wildman–Crippen LogP) is 0.839. The number of hydrogen-bond acceptors (Lipinski definition) is 7. The lowest BCUT2D eigenvalue weighted by Gasteiger charge is -2.23. The van der Waals surface area contributed by atoms with Crippen molar-refractivity contribution in [3.8, 4) is 11.8 Å². The fourth-order valence-corrected chi connectivity index (χ4v) is 4.79. The predicted molar refractivity (Wildman–Crippen MR) is 97.4 cm³/mol. The molecule has 144 valence electrons. The van der Waals surface area contributed by atoms with Crippen LogP contribution in [0.15, 0.2) is 29.8 Å². The van der Waals surface area contributed by atoms with Gasteiger partial charge in [-0.25, -0.2) is 13.2 Å². The van der Waals surface area contributed by atoms with Crippen LogP contribution in [0.4, 0.5) is 0 Å². The second-order valence-electron chi connectivity index (χ2n) is 6.47. The van der Waals surface area contributed by atoms with Crippen LogP contribution in [0.1, 0.15) is 18.9 Å². The van der Waals surface area contributed by atoms with E-state index < -0.39 is 33.9 Å². The Kier molecular flexibility index (Phi) is 6.23. The van der Waals surface area contributed by atoms with Crippen LogP contribution in [0.5, 0.6) is 5.75 Å². The van der Waals surface area contributed by atoms with Gasteiger partial charge < -0.3 is 14.8 Å². The molecule has 0 bridgehead atoms. The van der Waals surface area contributed by atoms with Crippen LogP contribution < -0.4 is 10.1 Å². The summed E-state index contributed by atoms with van der Waals surface area (Å²) in [5.41, 5.74) is -0.542. The quantitative estimate of drug-likeness (QED) is 0.432. The Balaban J connectivity index is 1.93. The molecule has 1 heterocycles. The van der Waals surface area contributed by atoms with Gasteiger partial charge in [0.05, 0.1) is 24.2 Å². The highest BCUT2D eigenvalue weighted by molar-refractivity contribution is 7.91. The Labute approximate surface area is 157 Å². The molecule has 1 aromatic rings. The lowest BCUT2D eigenvalue weighted by Crippen LogP contribution is -2.48. The van der Waals surface area contributed by atoms with Crippen LogP contribution in [0.3, 0.4) is 0 Å². The fraction of sp³-hybridized carbons (Fsp3) is 0.389. The Morgan fingerprint density at radius 2 is 2.00 bits per heavy atom. The summed E-state index contributed by atoms with van der Waals surface area (Å²) < 4.78 is 33.0. The van der Waals surface area contributed by atoms with Crippen LogP contribution >= 0.6 is 0 Å². The van der Waals surface area contributed by atoms with E-state index in [1.54, 1.807) is 37.3 Å². The SMILES string of the molecule is COc1ccc(/C=C(\C#N)C(=O)OCC(=O)N[C@@]2(C)CCS(=O)(=O)C2)cc1. The monoisotopic (exact) mass is 392 g/mol. The molecule has 0 aromatic heterocycles. The Bertz CT molecular complexity index is 899.